The number of hydrogen-bond acceptors (Lipinski definition) is 3. The zero-order chi connectivity index (χ0) is 9.97. The molecule has 0 bridgehead atoms. The molecule has 0 saturated heterocycles. The average molecular weight is 184 g/mol. The van der Waals surface area contributed by atoms with Crippen LogP contribution in [0.3, 0.4) is 0 Å². The maximum atomic E-state index is 8.88. The van der Waals surface area contributed by atoms with Gasteiger partial charge in [0, 0.05) is 11.6 Å². The number of rotatable bonds is 1. The van der Waals surface area contributed by atoms with Crippen molar-refractivity contribution in [2.45, 2.75) is 0 Å². The normalized spacial score (nSPS) is 9.71. The molecule has 3 heteroatoms. The van der Waals surface area contributed by atoms with Gasteiger partial charge in [-0.15, -0.1) is 0 Å². The van der Waals surface area contributed by atoms with Gasteiger partial charge < -0.3 is 4.74 Å². The smallest absolute Gasteiger partial charge is 0.119 e. The summed E-state index contributed by atoms with van der Waals surface area (Å²) >= 11 is 0. The van der Waals surface area contributed by atoms with E-state index in [1.165, 1.54) is 0 Å². The highest BCUT2D eigenvalue weighted by Gasteiger charge is 2.01. The minimum atomic E-state index is 0.619. The lowest BCUT2D eigenvalue weighted by Gasteiger charge is -2.02. The number of aromatic nitrogens is 1. The van der Waals surface area contributed by atoms with Gasteiger partial charge in [-0.1, -0.05) is 0 Å². The Morgan fingerprint density at radius 3 is 2.93 bits per heavy atom. The lowest BCUT2D eigenvalue weighted by molar-refractivity contribution is 0.415. The number of pyridine rings is 1. The Labute approximate surface area is 81.6 Å². The second-order valence-corrected chi connectivity index (χ2v) is 2.85. The first-order valence-corrected chi connectivity index (χ1v) is 4.18. The Kier molecular flexibility index (Phi) is 2.04. The van der Waals surface area contributed by atoms with Crippen molar-refractivity contribution in [3.8, 4) is 11.8 Å². The summed E-state index contributed by atoms with van der Waals surface area (Å²) in [7, 11) is 1.60. The quantitative estimate of drug-likeness (QED) is 0.681. The number of methoxy groups -OCH3 is 1. The molecule has 2 aromatic rings. The molecule has 0 saturated carbocycles. The summed E-state index contributed by atoms with van der Waals surface area (Å²) in [5.41, 5.74) is 1.43. The minimum absolute atomic E-state index is 0.619. The Hall–Kier alpha value is -2.08. The number of hydrogen-bond donors (Lipinski definition) is 0. The highest BCUT2D eigenvalue weighted by atomic mass is 16.5. The second-order valence-electron chi connectivity index (χ2n) is 2.85. The summed E-state index contributed by atoms with van der Waals surface area (Å²) in [6.07, 6.45) is 1.63. The molecule has 0 aliphatic rings. The first-order chi connectivity index (χ1) is 6.85. The Morgan fingerprint density at radius 2 is 2.21 bits per heavy atom. The molecule has 0 spiro atoms. The molecular weight excluding hydrogens is 176 g/mol. The van der Waals surface area contributed by atoms with Crippen LogP contribution < -0.4 is 4.74 Å². The maximum Gasteiger partial charge on any atom is 0.119 e. The van der Waals surface area contributed by atoms with E-state index in [-0.39, 0.29) is 0 Å². The number of ether oxygens (including phenoxy) is 1. The van der Waals surface area contributed by atoms with Crippen LogP contribution in [0, 0.1) is 11.3 Å². The fourth-order valence-electron chi connectivity index (χ4n) is 1.35. The van der Waals surface area contributed by atoms with Crippen molar-refractivity contribution >= 4 is 10.9 Å². The van der Waals surface area contributed by atoms with Crippen molar-refractivity contribution in [2.75, 3.05) is 7.11 Å². The molecule has 1 heterocycles. The third-order valence-corrected chi connectivity index (χ3v) is 2.07. The number of benzene rings is 1. The standard InChI is InChI=1S/C11H8N2O/c1-14-9-2-3-11-10(6-9)8(7-12)4-5-13-11/h2-6H,1H3. The molecule has 3 nitrogen and oxygen atoms in total. The largest absolute Gasteiger partial charge is 0.497 e. The van der Waals surface area contributed by atoms with Crippen LogP contribution in [0.5, 0.6) is 5.75 Å². The SMILES string of the molecule is COc1ccc2nccc(C#N)c2c1. The number of nitriles is 1. The van der Waals surface area contributed by atoms with Crippen molar-refractivity contribution in [3.05, 3.63) is 36.0 Å². The predicted octanol–water partition coefficient (Wildman–Crippen LogP) is 2.12. The van der Waals surface area contributed by atoms with Crippen LogP contribution in [0.25, 0.3) is 10.9 Å². The molecule has 0 aliphatic heterocycles. The van der Waals surface area contributed by atoms with Gasteiger partial charge in [0.2, 0.25) is 0 Å². The predicted molar refractivity (Wildman–Crippen MR) is 53.0 cm³/mol. The molecule has 0 aliphatic carbocycles. The summed E-state index contributed by atoms with van der Waals surface area (Å²) in [5.74, 6) is 0.738. The van der Waals surface area contributed by atoms with Crippen molar-refractivity contribution in [2.24, 2.45) is 0 Å². The van der Waals surface area contributed by atoms with Gasteiger partial charge in [0.15, 0.2) is 0 Å². The molecule has 1 aromatic carbocycles. The highest BCUT2D eigenvalue weighted by molar-refractivity contribution is 5.85. The maximum absolute atomic E-state index is 8.88. The topological polar surface area (TPSA) is 45.9 Å². The molecule has 0 N–H and O–H groups in total. The molecule has 2 rings (SSSR count). The summed E-state index contributed by atoms with van der Waals surface area (Å²) in [4.78, 5) is 4.16. The van der Waals surface area contributed by atoms with Gasteiger partial charge in [0.05, 0.1) is 24.3 Å². The van der Waals surface area contributed by atoms with Crippen LogP contribution in [0.4, 0.5) is 0 Å². The van der Waals surface area contributed by atoms with Gasteiger partial charge in [-0.2, -0.15) is 5.26 Å². The lowest BCUT2D eigenvalue weighted by atomic mass is 10.1. The van der Waals surface area contributed by atoms with Gasteiger partial charge in [-0.3, -0.25) is 4.98 Å². The van der Waals surface area contributed by atoms with Gasteiger partial charge >= 0.3 is 0 Å². The zero-order valence-corrected chi connectivity index (χ0v) is 7.69. The monoisotopic (exact) mass is 184 g/mol. The Balaban J connectivity index is 2.78. The van der Waals surface area contributed by atoms with E-state index in [1.54, 1.807) is 19.4 Å². The van der Waals surface area contributed by atoms with E-state index in [4.69, 9.17) is 10.00 Å². The minimum Gasteiger partial charge on any atom is -0.497 e. The molecule has 68 valence electrons. The number of fused-ring (bicyclic) bond motifs is 1. The van der Waals surface area contributed by atoms with Crippen molar-refractivity contribution in [3.63, 3.8) is 0 Å². The van der Waals surface area contributed by atoms with E-state index in [0.29, 0.717) is 5.56 Å². The van der Waals surface area contributed by atoms with E-state index >= 15 is 0 Å². The first-order valence-electron chi connectivity index (χ1n) is 4.18. The fourth-order valence-corrected chi connectivity index (χ4v) is 1.35. The second kappa shape index (κ2) is 3.35. The highest BCUT2D eigenvalue weighted by Crippen LogP contribution is 2.21. The summed E-state index contributed by atoms with van der Waals surface area (Å²) in [5, 5.41) is 9.71. The van der Waals surface area contributed by atoms with Gasteiger partial charge in [-0.25, -0.2) is 0 Å². The molecule has 0 amide bonds. The third-order valence-electron chi connectivity index (χ3n) is 2.07. The van der Waals surface area contributed by atoms with Crippen molar-refractivity contribution < 1.29 is 4.74 Å². The van der Waals surface area contributed by atoms with E-state index in [9.17, 15) is 0 Å². The molecule has 0 atom stereocenters. The Bertz CT molecular complexity index is 514. The summed E-state index contributed by atoms with van der Waals surface area (Å²) < 4.78 is 5.08. The average Bonchev–Trinajstić information content (AvgIpc) is 2.27. The van der Waals surface area contributed by atoms with Crippen LogP contribution in [0.1, 0.15) is 5.56 Å². The van der Waals surface area contributed by atoms with Crippen molar-refractivity contribution in [1.82, 2.24) is 4.98 Å². The van der Waals surface area contributed by atoms with Crippen LogP contribution in [0.15, 0.2) is 30.5 Å². The first kappa shape index (κ1) is 8.52. The zero-order valence-electron chi connectivity index (χ0n) is 7.69. The molecule has 14 heavy (non-hydrogen) atoms. The van der Waals surface area contributed by atoms with E-state index in [2.05, 4.69) is 11.1 Å². The van der Waals surface area contributed by atoms with E-state index in [0.717, 1.165) is 16.7 Å². The molecular formula is C11H8N2O. The van der Waals surface area contributed by atoms with Crippen LogP contribution in [-0.4, -0.2) is 12.1 Å². The molecule has 0 fully saturated rings. The van der Waals surface area contributed by atoms with E-state index < -0.39 is 0 Å². The van der Waals surface area contributed by atoms with Gasteiger partial charge in [-0.05, 0) is 24.3 Å². The summed E-state index contributed by atoms with van der Waals surface area (Å²) in [6.45, 7) is 0. The molecule has 1 aromatic heterocycles. The summed E-state index contributed by atoms with van der Waals surface area (Å²) in [6, 6.07) is 9.31. The Morgan fingerprint density at radius 1 is 1.36 bits per heavy atom. The fraction of sp³-hybridized carbons (Fsp3) is 0.0909. The molecule has 0 unspecified atom stereocenters. The van der Waals surface area contributed by atoms with E-state index in [1.807, 2.05) is 18.2 Å². The van der Waals surface area contributed by atoms with Crippen molar-refractivity contribution in [1.29, 1.82) is 5.26 Å². The lowest BCUT2D eigenvalue weighted by Crippen LogP contribution is -1.86. The van der Waals surface area contributed by atoms with Crippen LogP contribution in [-0.2, 0) is 0 Å². The third kappa shape index (κ3) is 1.27. The number of nitrogens with zero attached hydrogens (tertiary/aromatic N) is 2. The van der Waals surface area contributed by atoms with Gasteiger partial charge in [0.1, 0.15) is 5.75 Å². The van der Waals surface area contributed by atoms with Gasteiger partial charge in [0.25, 0.3) is 0 Å². The molecule has 0 radical (unpaired) electrons. The van der Waals surface area contributed by atoms with Crippen LogP contribution >= 0.6 is 0 Å². The van der Waals surface area contributed by atoms with Crippen LogP contribution in [0.2, 0.25) is 0 Å².